The van der Waals surface area contributed by atoms with Crippen LogP contribution in [0.25, 0.3) is 0 Å². The molecule has 0 aliphatic carbocycles. The molecular formula is C8H14O2. The van der Waals surface area contributed by atoms with Crippen molar-refractivity contribution in [3.05, 3.63) is 12.2 Å². The van der Waals surface area contributed by atoms with Crippen molar-refractivity contribution < 1.29 is 9.47 Å². The van der Waals surface area contributed by atoms with Gasteiger partial charge in [-0.3, -0.25) is 0 Å². The molecule has 1 heterocycles. The van der Waals surface area contributed by atoms with Gasteiger partial charge in [0.1, 0.15) is 0 Å². The second-order valence-corrected chi connectivity index (χ2v) is 2.37. The van der Waals surface area contributed by atoms with Crippen LogP contribution in [0.2, 0.25) is 0 Å². The highest BCUT2D eigenvalue weighted by Crippen LogP contribution is 2.04. The maximum absolute atomic E-state index is 5.40. The minimum Gasteiger partial charge on any atom is -0.376 e. The summed E-state index contributed by atoms with van der Waals surface area (Å²) < 4.78 is 10.6. The summed E-state index contributed by atoms with van der Waals surface area (Å²) in [5, 5.41) is 0. The molecule has 1 saturated heterocycles. The molecular weight excluding hydrogens is 128 g/mol. The minimum atomic E-state index is 0.296. The summed E-state index contributed by atoms with van der Waals surface area (Å²) in [5.74, 6) is 0. The van der Waals surface area contributed by atoms with E-state index in [9.17, 15) is 0 Å². The highest BCUT2D eigenvalue weighted by Gasteiger charge is 2.11. The fourth-order valence-corrected chi connectivity index (χ4v) is 0.961. The van der Waals surface area contributed by atoms with Crippen LogP contribution in [0.4, 0.5) is 0 Å². The van der Waals surface area contributed by atoms with Crippen LogP contribution in [-0.4, -0.2) is 25.9 Å². The van der Waals surface area contributed by atoms with E-state index in [0.29, 0.717) is 6.10 Å². The van der Waals surface area contributed by atoms with Crippen LogP contribution >= 0.6 is 0 Å². The van der Waals surface area contributed by atoms with Crippen molar-refractivity contribution in [1.82, 2.24) is 0 Å². The zero-order chi connectivity index (χ0) is 7.23. The summed E-state index contributed by atoms with van der Waals surface area (Å²) in [6, 6.07) is 0. The Morgan fingerprint density at radius 3 is 3.00 bits per heavy atom. The van der Waals surface area contributed by atoms with Crippen LogP contribution < -0.4 is 0 Å². The van der Waals surface area contributed by atoms with Crippen molar-refractivity contribution in [2.24, 2.45) is 0 Å². The largest absolute Gasteiger partial charge is 0.376 e. The lowest BCUT2D eigenvalue weighted by molar-refractivity contribution is -0.0862. The van der Waals surface area contributed by atoms with Gasteiger partial charge in [-0.25, -0.2) is 0 Å². The Hall–Kier alpha value is -0.340. The van der Waals surface area contributed by atoms with Gasteiger partial charge in [-0.2, -0.15) is 0 Å². The van der Waals surface area contributed by atoms with Gasteiger partial charge in [0.15, 0.2) is 0 Å². The molecule has 0 amide bonds. The predicted molar refractivity (Wildman–Crippen MR) is 40.0 cm³/mol. The molecule has 1 fully saturated rings. The first-order valence-corrected chi connectivity index (χ1v) is 3.74. The van der Waals surface area contributed by atoms with Crippen LogP contribution in [-0.2, 0) is 9.47 Å². The normalized spacial score (nSPS) is 27.5. The van der Waals surface area contributed by atoms with Crippen LogP contribution in [0.3, 0.4) is 0 Å². The van der Waals surface area contributed by atoms with Gasteiger partial charge < -0.3 is 9.47 Å². The standard InChI is InChI=1S/C8H14O2/c1-2-3-4-8-7-9-5-6-10-8/h2-3,8H,4-7H2,1H3. The third-order valence-corrected chi connectivity index (χ3v) is 1.52. The Labute approximate surface area is 61.8 Å². The Kier molecular flexibility index (Phi) is 3.47. The van der Waals surface area contributed by atoms with Gasteiger partial charge in [0.05, 0.1) is 25.9 Å². The van der Waals surface area contributed by atoms with E-state index in [1.165, 1.54) is 0 Å². The van der Waals surface area contributed by atoms with Gasteiger partial charge in [-0.1, -0.05) is 12.2 Å². The molecule has 0 aromatic rings. The van der Waals surface area contributed by atoms with Crippen molar-refractivity contribution in [2.75, 3.05) is 19.8 Å². The molecule has 1 aliphatic rings. The number of hydrogen-bond donors (Lipinski definition) is 0. The van der Waals surface area contributed by atoms with Crippen molar-refractivity contribution in [3.8, 4) is 0 Å². The summed E-state index contributed by atoms with van der Waals surface area (Å²) >= 11 is 0. The van der Waals surface area contributed by atoms with Crippen LogP contribution in [0.5, 0.6) is 0 Å². The molecule has 1 rings (SSSR count). The van der Waals surface area contributed by atoms with Crippen molar-refractivity contribution in [2.45, 2.75) is 19.4 Å². The lowest BCUT2D eigenvalue weighted by Gasteiger charge is -2.21. The van der Waals surface area contributed by atoms with E-state index in [1.54, 1.807) is 0 Å². The molecule has 0 radical (unpaired) electrons. The Bertz CT molecular complexity index is 104. The summed E-state index contributed by atoms with van der Waals surface area (Å²) in [4.78, 5) is 0. The first-order chi connectivity index (χ1) is 4.93. The molecule has 0 N–H and O–H groups in total. The molecule has 1 unspecified atom stereocenters. The SMILES string of the molecule is CC=CCC1COCCO1. The van der Waals surface area contributed by atoms with Crippen LogP contribution in [0, 0.1) is 0 Å². The Morgan fingerprint density at radius 1 is 1.50 bits per heavy atom. The maximum Gasteiger partial charge on any atom is 0.0843 e. The molecule has 0 aromatic carbocycles. The van der Waals surface area contributed by atoms with Gasteiger partial charge >= 0.3 is 0 Å². The van der Waals surface area contributed by atoms with Gasteiger partial charge in [0, 0.05) is 0 Å². The summed E-state index contributed by atoms with van der Waals surface area (Å²) in [5.41, 5.74) is 0. The van der Waals surface area contributed by atoms with Crippen molar-refractivity contribution in [1.29, 1.82) is 0 Å². The van der Waals surface area contributed by atoms with E-state index >= 15 is 0 Å². The second-order valence-electron chi connectivity index (χ2n) is 2.37. The molecule has 58 valence electrons. The topological polar surface area (TPSA) is 18.5 Å². The minimum absolute atomic E-state index is 0.296. The monoisotopic (exact) mass is 142 g/mol. The molecule has 0 aromatic heterocycles. The molecule has 1 atom stereocenters. The van der Waals surface area contributed by atoms with Crippen LogP contribution in [0.1, 0.15) is 13.3 Å². The zero-order valence-corrected chi connectivity index (χ0v) is 6.38. The second kappa shape index (κ2) is 4.47. The van der Waals surface area contributed by atoms with Crippen molar-refractivity contribution >= 4 is 0 Å². The van der Waals surface area contributed by atoms with Crippen molar-refractivity contribution in [3.63, 3.8) is 0 Å². The Balaban J connectivity index is 2.13. The summed E-state index contributed by atoms with van der Waals surface area (Å²) in [6.45, 7) is 4.28. The quantitative estimate of drug-likeness (QED) is 0.542. The number of hydrogen-bond acceptors (Lipinski definition) is 2. The van der Waals surface area contributed by atoms with E-state index in [2.05, 4.69) is 6.08 Å². The third kappa shape index (κ3) is 2.50. The van der Waals surface area contributed by atoms with Crippen LogP contribution in [0.15, 0.2) is 12.2 Å². The molecule has 2 nitrogen and oxygen atoms in total. The maximum atomic E-state index is 5.40. The molecule has 0 bridgehead atoms. The number of allylic oxidation sites excluding steroid dienone is 1. The molecule has 0 saturated carbocycles. The zero-order valence-electron chi connectivity index (χ0n) is 6.38. The number of rotatable bonds is 2. The highest BCUT2D eigenvalue weighted by atomic mass is 16.6. The predicted octanol–water partition coefficient (Wildman–Crippen LogP) is 1.37. The number of ether oxygens (including phenoxy) is 2. The first-order valence-electron chi connectivity index (χ1n) is 3.74. The fourth-order valence-electron chi connectivity index (χ4n) is 0.961. The third-order valence-electron chi connectivity index (χ3n) is 1.52. The lowest BCUT2D eigenvalue weighted by atomic mass is 10.2. The van der Waals surface area contributed by atoms with E-state index in [-0.39, 0.29) is 0 Å². The lowest BCUT2D eigenvalue weighted by Crippen LogP contribution is -2.27. The summed E-state index contributed by atoms with van der Waals surface area (Å²) in [7, 11) is 0. The van der Waals surface area contributed by atoms with E-state index in [0.717, 1.165) is 26.2 Å². The van der Waals surface area contributed by atoms with Gasteiger partial charge in [0.25, 0.3) is 0 Å². The summed E-state index contributed by atoms with van der Waals surface area (Å²) in [6.07, 6.45) is 5.43. The molecule has 10 heavy (non-hydrogen) atoms. The van der Waals surface area contributed by atoms with E-state index < -0.39 is 0 Å². The Morgan fingerprint density at radius 2 is 2.40 bits per heavy atom. The fraction of sp³-hybridized carbons (Fsp3) is 0.750. The van der Waals surface area contributed by atoms with E-state index in [1.807, 2.05) is 13.0 Å². The average molecular weight is 142 g/mol. The van der Waals surface area contributed by atoms with E-state index in [4.69, 9.17) is 9.47 Å². The van der Waals surface area contributed by atoms with Gasteiger partial charge in [-0.05, 0) is 13.3 Å². The highest BCUT2D eigenvalue weighted by molar-refractivity contribution is 4.81. The van der Waals surface area contributed by atoms with Gasteiger partial charge in [-0.15, -0.1) is 0 Å². The first kappa shape index (κ1) is 7.76. The molecule has 1 aliphatic heterocycles. The average Bonchev–Trinajstić information content (AvgIpc) is 2.03. The molecule has 0 spiro atoms. The molecule has 2 heteroatoms. The van der Waals surface area contributed by atoms with Gasteiger partial charge in [0.2, 0.25) is 0 Å². The smallest absolute Gasteiger partial charge is 0.0843 e.